The quantitative estimate of drug-likeness (QED) is 0.768. The fraction of sp³-hybridized carbons (Fsp3) is 0.214. The number of pyridine rings is 1. The molecule has 1 heterocycles. The lowest BCUT2D eigenvalue weighted by Crippen LogP contribution is -1.98. The van der Waals surface area contributed by atoms with Crippen LogP contribution in [0.3, 0.4) is 0 Å². The van der Waals surface area contributed by atoms with Gasteiger partial charge in [-0.2, -0.15) is 0 Å². The zero-order valence-corrected chi connectivity index (χ0v) is 11.5. The molecule has 2 aromatic rings. The molecule has 0 radical (unpaired) electrons. The number of benzene rings is 1. The van der Waals surface area contributed by atoms with Crippen LogP contribution in [0.1, 0.15) is 12.5 Å². The number of alkyl halides is 1. The summed E-state index contributed by atoms with van der Waals surface area (Å²) >= 11 is 11.9. The van der Waals surface area contributed by atoms with Crippen LogP contribution in [-0.4, -0.2) is 11.6 Å². The fourth-order valence-corrected chi connectivity index (χ4v) is 2.02. The van der Waals surface area contributed by atoms with E-state index in [0.29, 0.717) is 23.4 Å². The van der Waals surface area contributed by atoms with Gasteiger partial charge in [0.2, 0.25) is 5.88 Å². The topological polar surface area (TPSA) is 22.1 Å². The highest BCUT2D eigenvalue weighted by Gasteiger charge is 2.09. The molecule has 0 aliphatic heterocycles. The van der Waals surface area contributed by atoms with Crippen molar-refractivity contribution in [2.75, 3.05) is 6.61 Å². The molecule has 94 valence electrons. The third kappa shape index (κ3) is 2.95. The minimum absolute atomic E-state index is 0.424. The zero-order valence-electron chi connectivity index (χ0n) is 9.99. The number of rotatable bonds is 4. The van der Waals surface area contributed by atoms with Gasteiger partial charge in [0.05, 0.1) is 6.61 Å². The Hall–Kier alpha value is -1.25. The summed E-state index contributed by atoms with van der Waals surface area (Å²) in [5, 5.41) is 0.686. The predicted molar refractivity (Wildman–Crippen MR) is 75.4 cm³/mol. The molecule has 0 amide bonds. The lowest BCUT2D eigenvalue weighted by molar-refractivity contribution is 0.328. The molecule has 0 aliphatic carbocycles. The minimum atomic E-state index is 0.424. The first-order valence-electron chi connectivity index (χ1n) is 5.68. The van der Waals surface area contributed by atoms with Crippen molar-refractivity contribution in [2.45, 2.75) is 12.8 Å². The minimum Gasteiger partial charge on any atom is -0.478 e. The molecule has 2 rings (SSSR count). The summed E-state index contributed by atoms with van der Waals surface area (Å²) in [7, 11) is 0. The van der Waals surface area contributed by atoms with E-state index in [1.54, 1.807) is 6.20 Å². The Balaban J connectivity index is 2.52. The number of ether oxygens (including phenoxy) is 1. The van der Waals surface area contributed by atoms with Gasteiger partial charge in [-0.25, -0.2) is 4.98 Å². The van der Waals surface area contributed by atoms with Gasteiger partial charge in [-0.3, -0.25) is 0 Å². The largest absolute Gasteiger partial charge is 0.478 e. The molecule has 0 unspecified atom stereocenters. The van der Waals surface area contributed by atoms with Crippen LogP contribution in [0.25, 0.3) is 11.1 Å². The van der Waals surface area contributed by atoms with Crippen LogP contribution in [0.2, 0.25) is 5.02 Å². The van der Waals surface area contributed by atoms with E-state index in [-0.39, 0.29) is 0 Å². The molecule has 0 saturated heterocycles. The number of aromatic nitrogens is 1. The van der Waals surface area contributed by atoms with Crippen molar-refractivity contribution in [3.63, 3.8) is 0 Å². The molecule has 18 heavy (non-hydrogen) atoms. The lowest BCUT2D eigenvalue weighted by Gasteiger charge is -2.10. The third-order valence-electron chi connectivity index (χ3n) is 2.48. The molecule has 1 aromatic heterocycles. The van der Waals surface area contributed by atoms with Gasteiger partial charge in [0.15, 0.2) is 0 Å². The van der Waals surface area contributed by atoms with Gasteiger partial charge in [0.25, 0.3) is 0 Å². The Labute approximate surface area is 117 Å². The van der Waals surface area contributed by atoms with E-state index < -0.39 is 0 Å². The van der Waals surface area contributed by atoms with Crippen molar-refractivity contribution in [1.82, 2.24) is 4.98 Å². The second kappa shape index (κ2) is 6.07. The van der Waals surface area contributed by atoms with E-state index in [1.165, 1.54) is 0 Å². The maximum absolute atomic E-state index is 6.01. The summed E-state index contributed by atoms with van der Waals surface area (Å²) < 4.78 is 5.53. The van der Waals surface area contributed by atoms with E-state index in [4.69, 9.17) is 27.9 Å². The van der Waals surface area contributed by atoms with Crippen LogP contribution in [0.5, 0.6) is 5.88 Å². The monoisotopic (exact) mass is 281 g/mol. The Morgan fingerprint density at radius 3 is 2.78 bits per heavy atom. The van der Waals surface area contributed by atoms with Crippen LogP contribution in [-0.2, 0) is 5.88 Å². The summed E-state index contributed by atoms with van der Waals surface area (Å²) in [6, 6.07) is 9.59. The second-order valence-electron chi connectivity index (χ2n) is 3.77. The molecule has 0 spiro atoms. The van der Waals surface area contributed by atoms with Gasteiger partial charge in [0.1, 0.15) is 0 Å². The lowest BCUT2D eigenvalue weighted by atomic mass is 10.1. The van der Waals surface area contributed by atoms with E-state index in [9.17, 15) is 0 Å². The average Bonchev–Trinajstić information content (AvgIpc) is 2.39. The van der Waals surface area contributed by atoms with Crippen LogP contribution in [0, 0.1) is 0 Å². The molecule has 0 saturated carbocycles. The number of nitrogens with zero attached hydrogens (tertiary/aromatic N) is 1. The molecule has 0 atom stereocenters. The zero-order chi connectivity index (χ0) is 13.0. The standard InChI is InChI=1S/C14H13Cl2NO/c1-2-18-14-13(6-10(8-15)9-17-14)11-4-3-5-12(16)7-11/h3-7,9H,2,8H2,1H3. The molecule has 4 heteroatoms. The molecule has 1 aromatic carbocycles. The van der Waals surface area contributed by atoms with Crippen LogP contribution in [0.4, 0.5) is 0 Å². The Bertz CT molecular complexity index is 543. The molecular weight excluding hydrogens is 269 g/mol. The highest BCUT2D eigenvalue weighted by molar-refractivity contribution is 6.30. The van der Waals surface area contributed by atoms with Crippen molar-refractivity contribution in [2.24, 2.45) is 0 Å². The fourth-order valence-electron chi connectivity index (χ4n) is 1.68. The summed E-state index contributed by atoms with van der Waals surface area (Å²) in [4.78, 5) is 4.30. The summed E-state index contributed by atoms with van der Waals surface area (Å²) in [5.41, 5.74) is 2.85. The van der Waals surface area contributed by atoms with Gasteiger partial charge in [-0.1, -0.05) is 23.7 Å². The molecular formula is C14H13Cl2NO. The summed E-state index contributed by atoms with van der Waals surface area (Å²) in [5.74, 6) is 1.03. The summed E-state index contributed by atoms with van der Waals surface area (Å²) in [6.07, 6.45) is 1.73. The van der Waals surface area contributed by atoms with Crippen molar-refractivity contribution < 1.29 is 4.74 Å². The number of hydrogen-bond acceptors (Lipinski definition) is 2. The van der Waals surface area contributed by atoms with Crippen molar-refractivity contribution in [3.05, 3.63) is 47.1 Å². The maximum atomic E-state index is 6.01. The van der Waals surface area contributed by atoms with Crippen molar-refractivity contribution in [1.29, 1.82) is 0 Å². The predicted octanol–water partition coefficient (Wildman–Crippen LogP) is 4.54. The maximum Gasteiger partial charge on any atom is 0.221 e. The Morgan fingerprint density at radius 2 is 2.11 bits per heavy atom. The molecule has 2 nitrogen and oxygen atoms in total. The SMILES string of the molecule is CCOc1ncc(CCl)cc1-c1cccc(Cl)c1. The smallest absolute Gasteiger partial charge is 0.221 e. The molecule has 0 bridgehead atoms. The van der Waals surface area contributed by atoms with Gasteiger partial charge < -0.3 is 4.74 Å². The van der Waals surface area contributed by atoms with Gasteiger partial charge in [0, 0.05) is 22.7 Å². The molecule has 0 aliphatic rings. The number of halogens is 2. The van der Waals surface area contributed by atoms with Crippen molar-refractivity contribution in [3.8, 4) is 17.0 Å². The van der Waals surface area contributed by atoms with E-state index in [1.807, 2.05) is 37.3 Å². The third-order valence-corrected chi connectivity index (χ3v) is 3.02. The number of hydrogen-bond donors (Lipinski definition) is 0. The highest BCUT2D eigenvalue weighted by atomic mass is 35.5. The van der Waals surface area contributed by atoms with Crippen LogP contribution in [0.15, 0.2) is 36.5 Å². The van der Waals surface area contributed by atoms with E-state index in [0.717, 1.165) is 16.7 Å². The Kier molecular flexibility index (Phi) is 4.45. The summed E-state index contributed by atoms with van der Waals surface area (Å²) in [6.45, 7) is 2.50. The first-order valence-corrected chi connectivity index (χ1v) is 6.59. The molecule has 0 N–H and O–H groups in total. The first kappa shape index (κ1) is 13.2. The van der Waals surface area contributed by atoms with Gasteiger partial charge >= 0.3 is 0 Å². The van der Waals surface area contributed by atoms with E-state index in [2.05, 4.69) is 4.98 Å². The normalized spacial score (nSPS) is 10.4. The van der Waals surface area contributed by atoms with Crippen LogP contribution >= 0.6 is 23.2 Å². The first-order chi connectivity index (χ1) is 8.74. The van der Waals surface area contributed by atoms with Gasteiger partial charge in [-0.05, 0) is 36.2 Å². The average molecular weight is 282 g/mol. The van der Waals surface area contributed by atoms with Gasteiger partial charge in [-0.15, -0.1) is 11.6 Å². The van der Waals surface area contributed by atoms with Crippen LogP contribution < -0.4 is 4.74 Å². The highest BCUT2D eigenvalue weighted by Crippen LogP contribution is 2.31. The van der Waals surface area contributed by atoms with Crippen molar-refractivity contribution >= 4 is 23.2 Å². The second-order valence-corrected chi connectivity index (χ2v) is 4.48. The van der Waals surface area contributed by atoms with E-state index >= 15 is 0 Å². The Morgan fingerprint density at radius 1 is 1.28 bits per heavy atom. The molecule has 0 fully saturated rings.